The molecular weight excluding hydrogens is 486 g/mol. The van der Waals surface area contributed by atoms with E-state index >= 15 is 0 Å². The smallest absolute Gasteiger partial charge is 0.354 e. The summed E-state index contributed by atoms with van der Waals surface area (Å²) in [6.45, 7) is 0. The lowest BCUT2D eigenvalue weighted by Gasteiger charge is -2.11. The molecule has 2 aromatic heterocycles. The fourth-order valence-corrected chi connectivity index (χ4v) is 4.03. The van der Waals surface area contributed by atoms with Crippen molar-refractivity contribution in [2.75, 3.05) is 0 Å². The zero-order chi connectivity index (χ0) is 25.8. The van der Waals surface area contributed by atoms with Crippen LogP contribution in [0.15, 0.2) is 82.4 Å². The quantitative estimate of drug-likeness (QED) is 0.208. The molecule has 36 heavy (non-hydrogen) atoms. The highest BCUT2D eigenvalue weighted by Gasteiger charge is 2.31. The molecule has 0 aliphatic heterocycles. The van der Waals surface area contributed by atoms with Crippen LogP contribution in [0, 0.1) is 0 Å². The van der Waals surface area contributed by atoms with Crippen molar-refractivity contribution in [3.63, 3.8) is 0 Å². The Kier molecular flexibility index (Phi) is 5.27. The van der Waals surface area contributed by atoms with E-state index in [1.807, 2.05) is 0 Å². The topological polar surface area (TPSA) is 65.7 Å². The normalized spacial score (nSPS) is 12.4. The molecule has 2 heterocycles. The molecule has 10 heteroatoms. The first-order valence-corrected chi connectivity index (χ1v) is 10.5. The Morgan fingerprint density at radius 2 is 0.917 bits per heavy atom. The number of H-pyrrole nitrogens is 2. The molecule has 0 radical (unpaired) electrons. The predicted octanol–water partition coefficient (Wildman–Crippen LogP) is 6.74. The second kappa shape index (κ2) is 8.11. The molecule has 0 saturated heterocycles. The Bertz CT molecular complexity index is 1630. The summed E-state index contributed by atoms with van der Waals surface area (Å²) in [5.74, 6) is 0. The minimum absolute atomic E-state index is 0.134. The summed E-state index contributed by atoms with van der Waals surface area (Å²) in [6.07, 6.45) is -9.12. The molecule has 0 unspecified atom stereocenters. The van der Waals surface area contributed by atoms with E-state index in [2.05, 4.69) is 9.97 Å². The zero-order valence-corrected chi connectivity index (χ0v) is 18.0. The van der Waals surface area contributed by atoms with Crippen LogP contribution < -0.4 is 10.9 Å². The van der Waals surface area contributed by atoms with Crippen molar-refractivity contribution in [3.05, 3.63) is 104 Å². The molecule has 0 fully saturated rings. The second-order valence-electron chi connectivity index (χ2n) is 8.20. The van der Waals surface area contributed by atoms with Gasteiger partial charge < -0.3 is 9.97 Å². The van der Waals surface area contributed by atoms with Crippen LogP contribution >= 0.6 is 0 Å². The highest BCUT2D eigenvalue weighted by molar-refractivity contribution is 5.96. The minimum atomic E-state index is -4.56. The summed E-state index contributed by atoms with van der Waals surface area (Å²) in [7, 11) is 0. The van der Waals surface area contributed by atoms with Gasteiger partial charge in [0.05, 0.1) is 22.2 Å². The molecule has 0 spiro atoms. The Morgan fingerprint density at radius 1 is 0.528 bits per heavy atom. The van der Waals surface area contributed by atoms with Gasteiger partial charge >= 0.3 is 12.4 Å². The van der Waals surface area contributed by atoms with E-state index in [0.717, 1.165) is 36.4 Å². The highest BCUT2D eigenvalue weighted by Crippen LogP contribution is 2.33. The van der Waals surface area contributed by atoms with E-state index in [1.54, 1.807) is 0 Å². The fraction of sp³-hybridized carbons (Fsp3) is 0.0769. The van der Waals surface area contributed by atoms with E-state index in [-0.39, 0.29) is 44.3 Å². The van der Waals surface area contributed by atoms with E-state index in [9.17, 15) is 35.9 Å². The highest BCUT2D eigenvalue weighted by atomic mass is 19.4. The third kappa shape index (κ3) is 4.26. The molecule has 0 saturated carbocycles. The van der Waals surface area contributed by atoms with Gasteiger partial charge in [-0.05, 0) is 47.5 Å². The number of aromatic amines is 2. The molecule has 182 valence electrons. The van der Waals surface area contributed by atoms with Gasteiger partial charge in [0.15, 0.2) is 10.9 Å². The van der Waals surface area contributed by atoms with Gasteiger partial charge in [0.2, 0.25) is 0 Å². The lowest BCUT2D eigenvalue weighted by Crippen LogP contribution is -2.08. The molecule has 4 nitrogen and oxygen atoms in total. The van der Waals surface area contributed by atoms with E-state index in [4.69, 9.17) is 0 Å². The molecule has 0 amide bonds. The van der Waals surface area contributed by atoms with Crippen LogP contribution in [0.25, 0.3) is 44.3 Å². The lowest BCUT2D eigenvalue weighted by molar-refractivity contribution is -0.138. The maximum absolute atomic E-state index is 13.1. The van der Waals surface area contributed by atoms with Gasteiger partial charge in [0.25, 0.3) is 0 Å². The molecule has 0 aliphatic rings. The van der Waals surface area contributed by atoms with Crippen molar-refractivity contribution in [1.82, 2.24) is 9.97 Å². The number of hydrogen-bond donors (Lipinski definition) is 2. The number of nitrogens with one attached hydrogen (secondary N) is 2. The van der Waals surface area contributed by atoms with Gasteiger partial charge in [-0.3, -0.25) is 9.59 Å². The van der Waals surface area contributed by atoms with Gasteiger partial charge in [0, 0.05) is 34.3 Å². The molecule has 0 bridgehead atoms. The maximum atomic E-state index is 13.1. The Balaban J connectivity index is 1.66. The average Bonchev–Trinajstić information content (AvgIpc) is 2.82. The Hall–Kier alpha value is -4.34. The van der Waals surface area contributed by atoms with Crippen molar-refractivity contribution in [1.29, 1.82) is 0 Å². The monoisotopic (exact) mass is 500 g/mol. The standard InChI is InChI=1S/C26H14F6N2O2/c27-25(28,29)15-5-1-3-13(7-15)19-11-23(35)17-10-22-18(9-21(17)33-19)24(36)12-20(34-22)14-4-2-6-16(8-14)26(30,31)32/h1-12H,(H,33,35)(H,34,36). The second-order valence-corrected chi connectivity index (χ2v) is 8.20. The molecule has 3 aromatic carbocycles. The number of alkyl halides is 6. The molecular formula is C26H14F6N2O2. The summed E-state index contributed by atoms with van der Waals surface area (Å²) in [6, 6.07) is 14.0. The number of benzene rings is 3. The number of halogens is 6. The van der Waals surface area contributed by atoms with E-state index < -0.39 is 34.3 Å². The predicted molar refractivity (Wildman–Crippen MR) is 124 cm³/mol. The first-order chi connectivity index (χ1) is 16.9. The van der Waals surface area contributed by atoms with Gasteiger partial charge in [-0.1, -0.05) is 24.3 Å². The van der Waals surface area contributed by atoms with Crippen molar-refractivity contribution in [2.24, 2.45) is 0 Å². The fourth-order valence-electron chi connectivity index (χ4n) is 4.03. The molecule has 0 aliphatic carbocycles. The van der Waals surface area contributed by atoms with Gasteiger partial charge in [-0.2, -0.15) is 26.3 Å². The Morgan fingerprint density at radius 3 is 1.28 bits per heavy atom. The van der Waals surface area contributed by atoms with Crippen LogP contribution in [0.2, 0.25) is 0 Å². The van der Waals surface area contributed by atoms with E-state index in [0.29, 0.717) is 0 Å². The number of rotatable bonds is 2. The van der Waals surface area contributed by atoms with Crippen molar-refractivity contribution < 1.29 is 26.3 Å². The molecule has 5 aromatic rings. The number of hydrogen-bond acceptors (Lipinski definition) is 2. The third-order valence-electron chi connectivity index (χ3n) is 5.78. The third-order valence-corrected chi connectivity index (χ3v) is 5.78. The first-order valence-electron chi connectivity index (χ1n) is 10.5. The molecule has 0 atom stereocenters. The zero-order valence-electron chi connectivity index (χ0n) is 18.0. The largest absolute Gasteiger partial charge is 0.416 e. The number of fused-ring (bicyclic) bond motifs is 2. The SMILES string of the molecule is O=c1cc(-c2cccc(C(F)(F)F)c2)[nH]c2cc3c(=O)cc(-c4cccc(C(F)(F)F)c4)[nH]c3cc12. The van der Waals surface area contributed by atoms with Crippen LogP contribution in [0.3, 0.4) is 0 Å². The summed E-state index contributed by atoms with van der Waals surface area (Å²) >= 11 is 0. The Labute approximate surface area is 197 Å². The molecule has 5 rings (SSSR count). The van der Waals surface area contributed by atoms with E-state index in [1.165, 1.54) is 36.4 Å². The summed E-state index contributed by atoms with van der Waals surface area (Å²) in [4.78, 5) is 31.5. The minimum Gasteiger partial charge on any atom is -0.354 e. The van der Waals surface area contributed by atoms with Crippen molar-refractivity contribution in [2.45, 2.75) is 12.4 Å². The van der Waals surface area contributed by atoms with Crippen LogP contribution in [0.5, 0.6) is 0 Å². The number of aromatic nitrogens is 2. The molecule has 2 N–H and O–H groups in total. The lowest BCUT2D eigenvalue weighted by atomic mass is 10.0. The van der Waals surface area contributed by atoms with Gasteiger partial charge in [0.1, 0.15) is 0 Å². The van der Waals surface area contributed by atoms with Gasteiger partial charge in [-0.25, -0.2) is 0 Å². The van der Waals surface area contributed by atoms with Crippen molar-refractivity contribution >= 4 is 21.8 Å². The van der Waals surface area contributed by atoms with Gasteiger partial charge in [-0.15, -0.1) is 0 Å². The first kappa shape index (κ1) is 23.4. The average molecular weight is 500 g/mol. The summed E-state index contributed by atoms with van der Waals surface area (Å²) in [5.41, 5.74) is -1.79. The van der Waals surface area contributed by atoms with Crippen LogP contribution in [0.1, 0.15) is 11.1 Å². The van der Waals surface area contributed by atoms with Crippen molar-refractivity contribution in [3.8, 4) is 22.5 Å². The summed E-state index contributed by atoms with van der Waals surface area (Å²) in [5, 5.41) is 0.296. The maximum Gasteiger partial charge on any atom is 0.416 e. The number of pyridine rings is 2. The summed E-state index contributed by atoms with van der Waals surface area (Å²) < 4.78 is 78.6. The van der Waals surface area contributed by atoms with Crippen LogP contribution in [-0.2, 0) is 12.4 Å². The van der Waals surface area contributed by atoms with Crippen LogP contribution in [-0.4, -0.2) is 9.97 Å². The van der Waals surface area contributed by atoms with Crippen LogP contribution in [0.4, 0.5) is 26.3 Å².